The van der Waals surface area contributed by atoms with Crippen LogP contribution in [0.4, 0.5) is 5.69 Å². The summed E-state index contributed by atoms with van der Waals surface area (Å²) in [6, 6.07) is 11.9. The summed E-state index contributed by atoms with van der Waals surface area (Å²) in [7, 11) is 3.17. The first-order chi connectivity index (χ1) is 13.0. The van der Waals surface area contributed by atoms with Gasteiger partial charge in [0.05, 0.1) is 36.0 Å². The average Bonchev–Trinajstić information content (AvgIpc) is 3.01. The number of benzene rings is 2. The zero-order chi connectivity index (χ0) is 19.1. The fourth-order valence-electron chi connectivity index (χ4n) is 3.07. The Hall–Kier alpha value is -3.68. The van der Waals surface area contributed by atoms with Gasteiger partial charge in [0.25, 0.3) is 5.69 Å². The first kappa shape index (κ1) is 16.8. The predicted molar refractivity (Wildman–Crippen MR) is 101 cm³/mol. The van der Waals surface area contributed by atoms with E-state index in [4.69, 9.17) is 14.5 Å². The van der Waals surface area contributed by atoms with Crippen LogP contribution in [0.25, 0.3) is 27.6 Å². The second-order valence-corrected chi connectivity index (χ2v) is 6.03. The summed E-state index contributed by atoms with van der Waals surface area (Å²) in [5.41, 5.74) is 2.95. The maximum Gasteiger partial charge on any atom is 0.269 e. The fourth-order valence-corrected chi connectivity index (χ4v) is 3.07. The fraction of sp³-hybridized carbons (Fsp3) is 0.158. The molecule has 0 atom stereocenters. The Morgan fingerprint density at radius 2 is 1.70 bits per heavy atom. The summed E-state index contributed by atoms with van der Waals surface area (Å²) in [5.74, 6) is 1.22. The highest BCUT2D eigenvalue weighted by molar-refractivity contribution is 5.94. The number of non-ortho nitro benzene ring substituents is 1. The molecule has 0 fully saturated rings. The number of nitro groups is 1. The van der Waals surface area contributed by atoms with E-state index in [1.165, 1.54) is 12.1 Å². The van der Waals surface area contributed by atoms with Crippen LogP contribution in [-0.4, -0.2) is 33.9 Å². The Morgan fingerprint density at radius 3 is 2.33 bits per heavy atom. The van der Waals surface area contributed by atoms with Gasteiger partial charge in [-0.05, 0) is 31.2 Å². The van der Waals surface area contributed by atoms with Gasteiger partial charge in [-0.15, -0.1) is 0 Å². The Balaban J connectivity index is 1.94. The van der Waals surface area contributed by atoms with Gasteiger partial charge < -0.3 is 9.47 Å². The smallest absolute Gasteiger partial charge is 0.269 e. The number of pyridine rings is 1. The molecule has 27 heavy (non-hydrogen) atoms. The molecule has 4 rings (SSSR count). The third kappa shape index (κ3) is 2.71. The van der Waals surface area contributed by atoms with Gasteiger partial charge in [-0.1, -0.05) is 0 Å². The molecule has 4 aromatic rings. The van der Waals surface area contributed by atoms with Gasteiger partial charge in [0, 0.05) is 29.0 Å². The molecule has 0 amide bonds. The van der Waals surface area contributed by atoms with Crippen molar-refractivity contribution >= 4 is 27.6 Å². The Labute approximate surface area is 154 Å². The zero-order valence-electron chi connectivity index (χ0n) is 15.0. The van der Waals surface area contributed by atoms with Crippen molar-refractivity contribution in [2.75, 3.05) is 14.2 Å². The van der Waals surface area contributed by atoms with E-state index in [1.807, 2.05) is 25.1 Å². The molecule has 0 unspecified atom stereocenters. The first-order valence-electron chi connectivity index (χ1n) is 8.18. The number of hydrogen-bond donors (Lipinski definition) is 0. The number of nitro benzene ring substituents is 1. The maximum atomic E-state index is 10.9. The number of ether oxygens (including phenoxy) is 2. The largest absolute Gasteiger partial charge is 0.493 e. The van der Waals surface area contributed by atoms with Crippen LogP contribution < -0.4 is 9.47 Å². The average molecular weight is 364 g/mol. The molecule has 0 saturated heterocycles. The van der Waals surface area contributed by atoms with Gasteiger partial charge >= 0.3 is 0 Å². The van der Waals surface area contributed by atoms with E-state index in [0.717, 1.165) is 22.0 Å². The van der Waals surface area contributed by atoms with Crippen LogP contribution >= 0.6 is 0 Å². The van der Waals surface area contributed by atoms with Crippen molar-refractivity contribution in [3.63, 3.8) is 0 Å². The molecule has 0 bridgehead atoms. The van der Waals surface area contributed by atoms with Crippen LogP contribution in [-0.2, 0) is 0 Å². The SMILES string of the molecule is COc1cc2cc3c(C)nn(-c4ccc([N+](=O)[O-])cc4)c3nc2cc1OC. The van der Waals surface area contributed by atoms with Crippen LogP contribution in [0.3, 0.4) is 0 Å². The summed E-state index contributed by atoms with van der Waals surface area (Å²) in [6.07, 6.45) is 0. The summed E-state index contributed by atoms with van der Waals surface area (Å²) < 4.78 is 12.4. The normalized spacial score (nSPS) is 11.1. The molecular weight excluding hydrogens is 348 g/mol. The van der Waals surface area contributed by atoms with Crippen molar-refractivity contribution < 1.29 is 14.4 Å². The number of aryl methyl sites for hydroxylation is 1. The van der Waals surface area contributed by atoms with Gasteiger partial charge in [0.2, 0.25) is 0 Å². The quantitative estimate of drug-likeness (QED) is 0.404. The summed E-state index contributed by atoms with van der Waals surface area (Å²) in [6.45, 7) is 1.90. The minimum absolute atomic E-state index is 0.0298. The van der Waals surface area contributed by atoms with Crippen molar-refractivity contribution in [3.05, 3.63) is 58.3 Å². The lowest BCUT2D eigenvalue weighted by atomic mass is 10.1. The van der Waals surface area contributed by atoms with Gasteiger partial charge in [-0.2, -0.15) is 5.10 Å². The minimum Gasteiger partial charge on any atom is -0.493 e. The highest BCUT2D eigenvalue weighted by Crippen LogP contribution is 2.33. The monoisotopic (exact) mass is 364 g/mol. The standard InChI is InChI=1S/C19H16N4O4/c1-11-15-8-12-9-17(26-2)18(27-3)10-16(12)20-19(15)22(21-11)13-4-6-14(7-5-13)23(24)25/h4-10H,1-3H3. The minimum atomic E-state index is -0.429. The third-order valence-electron chi connectivity index (χ3n) is 4.45. The van der Waals surface area contributed by atoms with E-state index in [-0.39, 0.29) is 5.69 Å². The van der Waals surface area contributed by atoms with E-state index < -0.39 is 4.92 Å². The van der Waals surface area contributed by atoms with E-state index in [1.54, 1.807) is 31.0 Å². The molecule has 0 saturated carbocycles. The van der Waals surface area contributed by atoms with Crippen LogP contribution in [0.5, 0.6) is 11.5 Å². The number of nitrogens with zero attached hydrogens (tertiary/aromatic N) is 4. The lowest BCUT2D eigenvalue weighted by molar-refractivity contribution is -0.384. The zero-order valence-corrected chi connectivity index (χ0v) is 15.0. The second-order valence-electron chi connectivity index (χ2n) is 6.03. The van der Waals surface area contributed by atoms with Crippen molar-refractivity contribution in [2.24, 2.45) is 0 Å². The van der Waals surface area contributed by atoms with Crippen molar-refractivity contribution in [1.29, 1.82) is 0 Å². The number of fused-ring (bicyclic) bond motifs is 2. The lowest BCUT2D eigenvalue weighted by Crippen LogP contribution is -1.99. The molecule has 2 heterocycles. The molecule has 0 aliphatic heterocycles. The van der Waals surface area contributed by atoms with Gasteiger partial charge in [-0.3, -0.25) is 10.1 Å². The molecule has 0 aliphatic rings. The number of methoxy groups -OCH3 is 2. The summed E-state index contributed by atoms with van der Waals surface area (Å²) >= 11 is 0. The van der Waals surface area contributed by atoms with E-state index in [2.05, 4.69) is 5.10 Å². The highest BCUT2D eigenvalue weighted by Gasteiger charge is 2.15. The van der Waals surface area contributed by atoms with Crippen molar-refractivity contribution in [2.45, 2.75) is 6.92 Å². The molecular formula is C19H16N4O4. The molecule has 0 aliphatic carbocycles. The third-order valence-corrected chi connectivity index (χ3v) is 4.45. The van der Waals surface area contributed by atoms with Crippen molar-refractivity contribution in [3.8, 4) is 17.2 Å². The predicted octanol–water partition coefficient (Wildman–Crippen LogP) is 3.81. The number of hydrogen-bond acceptors (Lipinski definition) is 6. The Kier molecular flexibility index (Phi) is 3.88. The van der Waals surface area contributed by atoms with E-state index >= 15 is 0 Å². The van der Waals surface area contributed by atoms with Crippen molar-refractivity contribution in [1.82, 2.24) is 14.8 Å². The molecule has 0 N–H and O–H groups in total. The molecule has 0 radical (unpaired) electrons. The molecule has 8 heteroatoms. The second kappa shape index (κ2) is 6.24. The van der Waals surface area contributed by atoms with Crippen LogP contribution in [0.15, 0.2) is 42.5 Å². The lowest BCUT2D eigenvalue weighted by Gasteiger charge is -2.09. The van der Waals surface area contributed by atoms with Gasteiger partial charge in [0.15, 0.2) is 17.1 Å². The van der Waals surface area contributed by atoms with Crippen LogP contribution in [0, 0.1) is 17.0 Å². The molecule has 0 spiro atoms. The maximum absolute atomic E-state index is 10.9. The van der Waals surface area contributed by atoms with Crippen LogP contribution in [0.2, 0.25) is 0 Å². The first-order valence-corrected chi connectivity index (χ1v) is 8.18. The molecule has 2 aromatic carbocycles. The molecule has 8 nitrogen and oxygen atoms in total. The summed E-state index contributed by atoms with van der Waals surface area (Å²) in [5, 5.41) is 17.2. The molecule has 136 valence electrons. The summed E-state index contributed by atoms with van der Waals surface area (Å²) in [4.78, 5) is 15.2. The number of aromatic nitrogens is 3. The van der Waals surface area contributed by atoms with Gasteiger partial charge in [-0.25, -0.2) is 9.67 Å². The molecule has 2 aromatic heterocycles. The van der Waals surface area contributed by atoms with Crippen LogP contribution in [0.1, 0.15) is 5.69 Å². The van der Waals surface area contributed by atoms with E-state index in [9.17, 15) is 10.1 Å². The number of rotatable bonds is 4. The van der Waals surface area contributed by atoms with E-state index in [0.29, 0.717) is 22.8 Å². The highest BCUT2D eigenvalue weighted by atomic mass is 16.6. The Morgan fingerprint density at radius 1 is 1.04 bits per heavy atom. The van der Waals surface area contributed by atoms with Gasteiger partial charge in [0.1, 0.15) is 0 Å². The Bertz CT molecular complexity index is 1180. The topological polar surface area (TPSA) is 92.3 Å².